The van der Waals surface area contributed by atoms with Crippen LogP contribution >= 0.6 is 12.4 Å². The number of urea groups is 1. The summed E-state index contributed by atoms with van der Waals surface area (Å²) in [5.41, 5.74) is 2.47. The Morgan fingerprint density at radius 3 is 2.61 bits per heavy atom. The van der Waals surface area contributed by atoms with Gasteiger partial charge in [-0.2, -0.15) is 0 Å². The highest BCUT2D eigenvalue weighted by Crippen LogP contribution is 2.18. The summed E-state index contributed by atoms with van der Waals surface area (Å²) in [7, 11) is 1.84. The van der Waals surface area contributed by atoms with Crippen molar-refractivity contribution in [3.05, 3.63) is 35.4 Å². The molecular weight excluding hydrogens is 316 g/mol. The van der Waals surface area contributed by atoms with Gasteiger partial charge in [-0.15, -0.1) is 12.4 Å². The Morgan fingerprint density at radius 2 is 1.91 bits per heavy atom. The van der Waals surface area contributed by atoms with Crippen LogP contribution in [0.25, 0.3) is 0 Å². The van der Waals surface area contributed by atoms with Gasteiger partial charge in [0.25, 0.3) is 0 Å². The molecule has 0 aromatic heterocycles. The zero-order valence-electron chi connectivity index (χ0n) is 13.6. The third-order valence-electron chi connectivity index (χ3n) is 3.92. The van der Waals surface area contributed by atoms with E-state index in [1.807, 2.05) is 32.2 Å². The van der Waals surface area contributed by atoms with Gasteiger partial charge in [0, 0.05) is 25.7 Å². The van der Waals surface area contributed by atoms with Crippen LogP contribution in [0.2, 0.25) is 0 Å². The second-order valence-corrected chi connectivity index (χ2v) is 5.59. The van der Waals surface area contributed by atoms with Gasteiger partial charge in [-0.05, 0) is 31.5 Å². The molecule has 6 nitrogen and oxygen atoms in total. The number of halogens is 1. The monoisotopic (exact) mass is 340 g/mol. The normalized spacial score (nSPS) is 14.3. The summed E-state index contributed by atoms with van der Waals surface area (Å²) in [6.45, 7) is 3.81. The summed E-state index contributed by atoms with van der Waals surface area (Å²) in [4.78, 5) is 25.5. The number of amides is 3. The summed E-state index contributed by atoms with van der Waals surface area (Å²) >= 11 is 0. The van der Waals surface area contributed by atoms with Gasteiger partial charge in [-0.1, -0.05) is 24.3 Å². The second-order valence-electron chi connectivity index (χ2n) is 5.59. The van der Waals surface area contributed by atoms with Gasteiger partial charge in [0.1, 0.15) is 0 Å². The molecule has 0 saturated carbocycles. The molecule has 23 heavy (non-hydrogen) atoms. The van der Waals surface area contributed by atoms with Gasteiger partial charge in [-0.25, -0.2) is 4.79 Å². The lowest BCUT2D eigenvalue weighted by Gasteiger charge is -2.28. The first kappa shape index (κ1) is 19.3. The third kappa shape index (κ3) is 5.73. The average Bonchev–Trinajstić information content (AvgIpc) is 2.56. The van der Waals surface area contributed by atoms with Gasteiger partial charge in [-0.3, -0.25) is 4.79 Å². The molecule has 1 aliphatic rings. The minimum Gasteiger partial charge on any atom is -0.353 e. The van der Waals surface area contributed by atoms with Gasteiger partial charge < -0.3 is 20.9 Å². The van der Waals surface area contributed by atoms with E-state index in [0.717, 1.165) is 6.42 Å². The highest BCUT2D eigenvalue weighted by atomic mass is 35.5. The SMILES string of the molecule is CNC(C)CNC(=O)CNC(=O)N1CCc2ccccc2C1.Cl. The van der Waals surface area contributed by atoms with Crippen LogP contribution in [0.3, 0.4) is 0 Å². The molecule has 1 unspecified atom stereocenters. The first-order valence-corrected chi connectivity index (χ1v) is 7.63. The molecule has 1 aromatic carbocycles. The molecule has 0 spiro atoms. The minimum absolute atomic E-state index is 0. The molecular formula is C16H25ClN4O2. The lowest BCUT2D eigenvalue weighted by Crippen LogP contribution is -2.47. The van der Waals surface area contributed by atoms with Crippen molar-refractivity contribution in [2.45, 2.75) is 25.9 Å². The van der Waals surface area contributed by atoms with Crippen LogP contribution in [0.1, 0.15) is 18.1 Å². The van der Waals surface area contributed by atoms with Crippen molar-refractivity contribution in [2.24, 2.45) is 0 Å². The number of hydrogen-bond donors (Lipinski definition) is 3. The number of carbonyl (C=O) groups excluding carboxylic acids is 2. The van der Waals surface area contributed by atoms with Gasteiger partial charge in [0.05, 0.1) is 6.54 Å². The van der Waals surface area contributed by atoms with Crippen molar-refractivity contribution in [1.29, 1.82) is 0 Å². The van der Waals surface area contributed by atoms with Gasteiger partial charge >= 0.3 is 6.03 Å². The van der Waals surface area contributed by atoms with E-state index in [1.54, 1.807) is 4.90 Å². The second kappa shape index (κ2) is 9.37. The topological polar surface area (TPSA) is 73.5 Å². The zero-order chi connectivity index (χ0) is 15.9. The average molecular weight is 341 g/mol. The van der Waals surface area contributed by atoms with E-state index in [0.29, 0.717) is 19.6 Å². The molecule has 3 amide bonds. The van der Waals surface area contributed by atoms with E-state index < -0.39 is 0 Å². The molecule has 128 valence electrons. The van der Waals surface area contributed by atoms with Crippen molar-refractivity contribution < 1.29 is 9.59 Å². The molecule has 1 aromatic rings. The van der Waals surface area contributed by atoms with Crippen LogP contribution in [-0.2, 0) is 17.8 Å². The molecule has 1 heterocycles. The van der Waals surface area contributed by atoms with Crippen LogP contribution in [0.15, 0.2) is 24.3 Å². The molecule has 0 fully saturated rings. The van der Waals surface area contributed by atoms with Crippen molar-refractivity contribution in [3.8, 4) is 0 Å². The Labute approximate surface area is 143 Å². The Balaban J connectivity index is 0.00000264. The van der Waals surface area contributed by atoms with E-state index >= 15 is 0 Å². The number of benzene rings is 1. The van der Waals surface area contributed by atoms with E-state index in [9.17, 15) is 9.59 Å². The summed E-state index contributed by atoms with van der Waals surface area (Å²) in [6.07, 6.45) is 0.857. The summed E-state index contributed by atoms with van der Waals surface area (Å²) < 4.78 is 0. The molecule has 3 N–H and O–H groups in total. The quantitative estimate of drug-likeness (QED) is 0.745. The molecule has 0 radical (unpaired) electrons. The predicted molar refractivity (Wildman–Crippen MR) is 92.7 cm³/mol. The maximum Gasteiger partial charge on any atom is 0.318 e. The minimum atomic E-state index is -0.189. The Kier molecular flexibility index (Phi) is 7.85. The number of hydrogen-bond acceptors (Lipinski definition) is 3. The van der Waals surface area contributed by atoms with Gasteiger partial charge in [0.2, 0.25) is 5.91 Å². The van der Waals surface area contributed by atoms with E-state index in [2.05, 4.69) is 22.0 Å². The van der Waals surface area contributed by atoms with Crippen LogP contribution in [0, 0.1) is 0 Å². The first-order chi connectivity index (χ1) is 10.6. The molecule has 0 bridgehead atoms. The standard InChI is InChI=1S/C16H24N4O2.ClH/c1-12(17-2)9-18-15(21)10-19-16(22)20-8-7-13-5-3-4-6-14(13)11-20;/h3-6,12,17H,7-11H2,1-2H3,(H,18,21)(H,19,22);1H. The molecule has 1 atom stereocenters. The zero-order valence-corrected chi connectivity index (χ0v) is 14.4. The maximum absolute atomic E-state index is 12.1. The number of carbonyl (C=O) groups is 2. The van der Waals surface area contributed by atoms with E-state index in [1.165, 1.54) is 11.1 Å². The lowest BCUT2D eigenvalue weighted by atomic mass is 10.0. The highest BCUT2D eigenvalue weighted by Gasteiger charge is 2.20. The summed E-state index contributed by atoms with van der Waals surface area (Å²) in [6, 6.07) is 8.16. The van der Waals surface area contributed by atoms with Crippen LogP contribution in [-0.4, -0.2) is 49.6 Å². The molecule has 7 heteroatoms. The number of fused-ring (bicyclic) bond motifs is 1. The summed E-state index contributed by atoms with van der Waals surface area (Å²) in [5.74, 6) is -0.173. The smallest absolute Gasteiger partial charge is 0.318 e. The largest absolute Gasteiger partial charge is 0.353 e. The fourth-order valence-electron chi connectivity index (χ4n) is 2.37. The number of nitrogens with one attached hydrogen (secondary N) is 3. The Hall–Kier alpha value is -1.79. The number of nitrogens with zero attached hydrogens (tertiary/aromatic N) is 1. The third-order valence-corrected chi connectivity index (χ3v) is 3.92. The lowest BCUT2D eigenvalue weighted by molar-refractivity contribution is -0.120. The van der Waals surface area contributed by atoms with Crippen LogP contribution in [0.4, 0.5) is 4.79 Å². The van der Waals surface area contributed by atoms with Crippen LogP contribution < -0.4 is 16.0 Å². The fraction of sp³-hybridized carbons (Fsp3) is 0.500. The number of rotatable bonds is 5. The maximum atomic E-state index is 12.1. The van der Waals surface area contributed by atoms with E-state index in [4.69, 9.17) is 0 Å². The van der Waals surface area contributed by atoms with Crippen molar-refractivity contribution in [1.82, 2.24) is 20.9 Å². The molecule has 2 rings (SSSR count). The first-order valence-electron chi connectivity index (χ1n) is 7.63. The number of likely N-dealkylation sites (N-methyl/N-ethyl adjacent to an activating group) is 1. The highest BCUT2D eigenvalue weighted by molar-refractivity contribution is 5.85. The Bertz CT molecular complexity index is 539. The molecule has 0 aliphatic carbocycles. The molecule has 0 saturated heterocycles. The predicted octanol–water partition coefficient (Wildman–Crippen LogP) is 0.900. The van der Waals surface area contributed by atoms with Crippen LogP contribution in [0.5, 0.6) is 0 Å². The molecule has 1 aliphatic heterocycles. The van der Waals surface area contributed by atoms with Crippen molar-refractivity contribution in [2.75, 3.05) is 26.7 Å². The fourth-order valence-corrected chi connectivity index (χ4v) is 2.37. The Morgan fingerprint density at radius 1 is 1.22 bits per heavy atom. The van der Waals surface area contributed by atoms with Crippen molar-refractivity contribution >= 4 is 24.3 Å². The van der Waals surface area contributed by atoms with Gasteiger partial charge in [0.15, 0.2) is 0 Å². The summed E-state index contributed by atoms with van der Waals surface area (Å²) in [5, 5.41) is 8.49. The van der Waals surface area contributed by atoms with E-state index in [-0.39, 0.29) is 36.9 Å². The van der Waals surface area contributed by atoms with Crippen molar-refractivity contribution in [3.63, 3.8) is 0 Å².